The number of carbonyl (C=O) groups is 2. The first kappa shape index (κ1) is 17.4. The topological polar surface area (TPSA) is 49.4 Å². The fraction of sp³-hybridized carbons (Fsp3) is 0.105. The van der Waals surface area contributed by atoms with E-state index in [0.717, 1.165) is 17.0 Å². The van der Waals surface area contributed by atoms with Crippen LogP contribution in [0, 0.1) is 0 Å². The molecule has 2 aromatic carbocycles. The fourth-order valence-corrected chi connectivity index (χ4v) is 3.50. The van der Waals surface area contributed by atoms with Gasteiger partial charge in [-0.15, -0.1) is 0 Å². The van der Waals surface area contributed by atoms with Crippen LogP contribution in [0.2, 0.25) is 0 Å². The third-order valence-electron chi connectivity index (χ3n) is 3.73. The number of aryl methyl sites for hydroxylation is 1. The number of carbonyl (C=O) groups excluding carboxylic acids is 2. The molecule has 3 rings (SSSR count). The number of rotatable bonds is 4. The van der Waals surface area contributed by atoms with Gasteiger partial charge in [-0.05, 0) is 48.0 Å². The van der Waals surface area contributed by atoms with Crippen molar-refractivity contribution in [1.82, 2.24) is 10.4 Å². The predicted molar refractivity (Wildman–Crippen MR) is 105 cm³/mol. The number of amides is 2. The normalized spacial score (nSPS) is 15.7. The molecule has 1 aliphatic rings. The maximum absolute atomic E-state index is 12.5. The molecule has 1 aliphatic heterocycles. The summed E-state index contributed by atoms with van der Waals surface area (Å²) in [4.78, 5) is 25.3. The van der Waals surface area contributed by atoms with Crippen LogP contribution in [0.15, 0.2) is 59.5 Å². The van der Waals surface area contributed by atoms with Crippen molar-refractivity contribution in [3.05, 3.63) is 76.2 Å². The second-order valence-corrected chi connectivity index (χ2v) is 7.09. The van der Waals surface area contributed by atoms with E-state index in [1.807, 2.05) is 30.3 Å². The van der Waals surface area contributed by atoms with Crippen molar-refractivity contribution in [2.24, 2.45) is 0 Å². The Bertz CT molecular complexity index is 845. The Morgan fingerprint density at radius 2 is 1.84 bits per heavy atom. The van der Waals surface area contributed by atoms with Gasteiger partial charge < -0.3 is 0 Å². The number of hydrazine groups is 1. The molecule has 0 unspecified atom stereocenters. The van der Waals surface area contributed by atoms with Gasteiger partial charge in [-0.25, -0.2) is 0 Å². The summed E-state index contributed by atoms with van der Waals surface area (Å²) in [7, 11) is 0. The predicted octanol–water partition coefficient (Wildman–Crippen LogP) is 3.80. The molecule has 25 heavy (non-hydrogen) atoms. The third-order valence-corrected chi connectivity index (χ3v) is 5.03. The third kappa shape index (κ3) is 3.97. The lowest BCUT2D eigenvalue weighted by Gasteiger charge is -2.15. The first-order chi connectivity index (χ1) is 12.1. The van der Waals surface area contributed by atoms with Gasteiger partial charge >= 0.3 is 0 Å². The van der Waals surface area contributed by atoms with Crippen LogP contribution in [-0.4, -0.2) is 21.1 Å². The molecule has 6 heteroatoms. The molecule has 0 aromatic heterocycles. The molecule has 126 valence electrons. The standard InChI is InChI=1S/C19H16N2O2S2/c1-2-13-8-10-14(11-9-13)12-16-18(23)21(19(24)25-16)20-17(22)15-6-4-3-5-7-15/h3-12H,2H2,1H3,(H,20,22)/b16-12+. The Morgan fingerprint density at radius 1 is 1.16 bits per heavy atom. The summed E-state index contributed by atoms with van der Waals surface area (Å²) < 4.78 is 0.311. The highest BCUT2D eigenvalue weighted by Gasteiger charge is 2.33. The Balaban J connectivity index is 1.75. The lowest BCUT2D eigenvalue weighted by molar-refractivity contribution is -0.123. The molecule has 0 aliphatic carbocycles. The number of benzene rings is 2. The summed E-state index contributed by atoms with van der Waals surface area (Å²) >= 11 is 6.41. The van der Waals surface area contributed by atoms with Crippen molar-refractivity contribution >= 4 is 46.2 Å². The van der Waals surface area contributed by atoms with Gasteiger partial charge in [-0.1, -0.05) is 61.2 Å². The Kier molecular flexibility index (Phi) is 5.31. The zero-order valence-corrected chi connectivity index (χ0v) is 15.2. The van der Waals surface area contributed by atoms with Gasteiger partial charge in [-0.3, -0.25) is 15.0 Å². The fourth-order valence-electron chi connectivity index (χ4n) is 2.32. The zero-order chi connectivity index (χ0) is 17.8. The summed E-state index contributed by atoms with van der Waals surface area (Å²) in [5.41, 5.74) is 5.20. The molecular weight excluding hydrogens is 352 g/mol. The number of nitrogens with one attached hydrogen (secondary N) is 1. The van der Waals surface area contributed by atoms with Crippen LogP contribution in [0.25, 0.3) is 6.08 Å². The lowest BCUT2D eigenvalue weighted by Crippen LogP contribution is -2.44. The van der Waals surface area contributed by atoms with E-state index in [4.69, 9.17) is 12.2 Å². The lowest BCUT2D eigenvalue weighted by atomic mass is 10.1. The minimum absolute atomic E-state index is 0.311. The smallest absolute Gasteiger partial charge is 0.267 e. The van der Waals surface area contributed by atoms with Crippen LogP contribution in [0.5, 0.6) is 0 Å². The van der Waals surface area contributed by atoms with Crippen molar-refractivity contribution in [2.75, 3.05) is 0 Å². The summed E-state index contributed by atoms with van der Waals surface area (Å²) in [5, 5.41) is 1.13. The van der Waals surface area contributed by atoms with E-state index in [2.05, 4.69) is 12.3 Å². The summed E-state index contributed by atoms with van der Waals surface area (Å²) in [6.07, 6.45) is 2.75. The average Bonchev–Trinajstić information content (AvgIpc) is 2.90. The van der Waals surface area contributed by atoms with Crippen molar-refractivity contribution < 1.29 is 9.59 Å². The van der Waals surface area contributed by atoms with Crippen LogP contribution >= 0.6 is 24.0 Å². The number of nitrogens with zero attached hydrogens (tertiary/aromatic N) is 1. The summed E-state index contributed by atoms with van der Waals surface area (Å²) in [6.45, 7) is 2.09. The first-order valence-electron chi connectivity index (χ1n) is 7.81. The van der Waals surface area contributed by atoms with E-state index < -0.39 is 0 Å². The quantitative estimate of drug-likeness (QED) is 0.659. The van der Waals surface area contributed by atoms with Crippen molar-refractivity contribution in [1.29, 1.82) is 0 Å². The maximum atomic E-state index is 12.5. The molecule has 0 spiro atoms. The van der Waals surface area contributed by atoms with Crippen molar-refractivity contribution in [2.45, 2.75) is 13.3 Å². The minimum atomic E-state index is -0.370. The van der Waals surface area contributed by atoms with E-state index in [9.17, 15) is 9.59 Å². The molecule has 4 nitrogen and oxygen atoms in total. The van der Waals surface area contributed by atoms with E-state index in [1.54, 1.807) is 30.3 Å². The van der Waals surface area contributed by atoms with Crippen LogP contribution in [-0.2, 0) is 11.2 Å². The number of thioether (sulfide) groups is 1. The number of hydrogen-bond acceptors (Lipinski definition) is 4. The number of hydrogen-bond donors (Lipinski definition) is 1. The van der Waals surface area contributed by atoms with Gasteiger partial charge in [0.1, 0.15) is 0 Å². The molecule has 1 saturated heterocycles. The second-order valence-electron chi connectivity index (χ2n) is 5.42. The molecule has 1 fully saturated rings. The van der Waals surface area contributed by atoms with Crippen molar-refractivity contribution in [3.63, 3.8) is 0 Å². The summed E-state index contributed by atoms with van der Waals surface area (Å²) in [5.74, 6) is -0.690. The van der Waals surface area contributed by atoms with Crippen molar-refractivity contribution in [3.8, 4) is 0 Å². The highest BCUT2D eigenvalue weighted by molar-refractivity contribution is 8.26. The Labute approximate surface area is 155 Å². The molecule has 0 radical (unpaired) electrons. The van der Waals surface area contributed by atoms with Crippen LogP contribution < -0.4 is 5.43 Å². The van der Waals surface area contributed by atoms with Gasteiger partial charge in [0.25, 0.3) is 11.8 Å². The molecule has 1 heterocycles. The van der Waals surface area contributed by atoms with Crippen LogP contribution in [0.1, 0.15) is 28.4 Å². The van der Waals surface area contributed by atoms with Gasteiger partial charge in [0, 0.05) is 5.56 Å². The van der Waals surface area contributed by atoms with E-state index in [1.165, 1.54) is 17.3 Å². The molecule has 0 saturated carbocycles. The highest BCUT2D eigenvalue weighted by Crippen LogP contribution is 2.31. The zero-order valence-electron chi connectivity index (χ0n) is 13.6. The summed E-state index contributed by atoms with van der Waals surface area (Å²) in [6, 6.07) is 16.7. The highest BCUT2D eigenvalue weighted by atomic mass is 32.2. The van der Waals surface area contributed by atoms with E-state index >= 15 is 0 Å². The SMILES string of the molecule is CCc1ccc(/C=C2/SC(=S)N(NC(=O)c3ccccc3)C2=O)cc1. The first-order valence-corrected chi connectivity index (χ1v) is 9.04. The van der Waals surface area contributed by atoms with Crippen LogP contribution in [0.3, 0.4) is 0 Å². The molecular formula is C19H16N2O2S2. The Morgan fingerprint density at radius 3 is 2.48 bits per heavy atom. The molecule has 1 N–H and O–H groups in total. The molecule has 0 atom stereocenters. The Hall–Kier alpha value is -2.44. The van der Waals surface area contributed by atoms with Gasteiger partial charge in [-0.2, -0.15) is 5.01 Å². The minimum Gasteiger partial charge on any atom is -0.267 e. The maximum Gasteiger partial charge on any atom is 0.285 e. The van der Waals surface area contributed by atoms with E-state index in [0.29, 0.717) is 14.8 Å². The molecule has 2 aromatic rings. The second kappa shape index (κ2) is 7.63. The largest absolute Gasteiger partial charge is 0.285 e. The van der Waals surface area contributed by atoms with Crippen LogP contribution in [0.4, 0.5) is 0 Å². The average molecular weight is 368 g/mol. The molecule has 0 bridgehead atoms. The van der Waals surface area contributed by atoms with Gasteiger partial charge in [0.2, 0.25) is 0 Å². The molecule has 2 amide bonds. The monoisotopic (exact) mass is 368 g/mol. The number of thiocarbonyl (C=S) groups is 1. The van der Waals surface area contributed by atoms with E-state index in [-0.39, 0.29) is 11.8 Å². The van der Waals surface area contributed by atoms with Gasteiger partial charge in [0.05, 0.1) is 4.91 Å². The van der Waals surface area contributed by atoms with Gasteiger partial charge in [0.15, 0.2) is 4.32 Å².